The molecule has 2 rings (SSSR count). The lowest BCUT2D eigenvalue weighted by atomic mass is 9.87. The van der Waals surface area contributed by atoms with Gasteiger partial charge in [0, 0.05) is 13.1 Å². The zero-order chi connectivity index (χ0) is 13.1. The molecule has 0 unspecified atom stereocenters. The van der Waals surface area contributed by atoms with Crippen LogP contribution in [0.3, 0.4) is 0 Å². The molecule has 1 aliphatic heterocycles. The molecule has 5 nitrogen and oxygen atoms in total. The summed E-state index contributed by atoms with van der Waals surface area (Å²) in [5, 5.41) is 8.90. The molecule has 0 aromatic carbocycles. The van der Waals surface area contributed by atoms with Gasteiger partial charge in [0.05, 0.1) is 12.4 Å². The number of hydrogen-bond acceptors (Lipinski definition) is 4. The first-order chi connectivity index (χ1) is 8.58. The van der Waals surface area contributed by atoms with Crippen LogP contribution in [0.25, 0.3) is 0 Å². The molecular weight excluding hydrogens is 230 g/mol. The number of aromatic nitrogens is 2. The number of carboxylic acid groups (broad SMARTS) is 1. The van der Waals surface area contributed by atoms with Gasteiger partial charge in [-0.05, 0) is 24.7 Å². The number of piperidine rings is 1. The molecule has 0 amide bonds. The van der Waals surface area contributed by atoms with E-state index < -0.39 is 5.97 Å². The van der Waals surface area contributed by atoms with Gasteiger partial charge in [0.2, 0.25) is 0 Å². The Labute approximate surface area is 107 Å². The predicted molar refractivity (Wildman–Crippen MR) is 68.8 cm³/mol. The number of carbonyl (C=O) groups is 1. The van der Waals surface area contributed by atoms with Crippen molar-refractivity contribution in [3.05, 3.63) is 18.1 Å². The molecule has 1 aromatic rings. The van der Waals surface area contributed by atoms with Gasteiger partial charge >= 0.3 is 5.97 Å². The first-order valence-electron chi connectivity index (χ1n) is 6.38. The van der Waals surface area contributed by atoms with Gasteiger partial charge in [0.15, 0.2) is 5.69 Å². The van der Waals surface area contributed by atoms with E-state index in [1.807, 2.05) is 0 Å². The first-order valence-corrected chi connectivity index (χ1v) is 6.38. The number of aromatic carboxylic acids is 1. The van der Waals surface area contributed by atoms with Crippen molar-refractivity contribution >= 4 is 11.8 Å². The van der Waals surface area contributed by atoms with Gasteiger partial charge in [-0.25, -0.2) is 9.78 Å². The fourth-order valence-corrected chi connectivity index (χ4v) is 2.41. The SMILES string of the molecule is CC(C)C1CCN(c2cncc(C(=O)O)n2)CC1. The van der Waals surface area contributed by atoms with Crippen LogP contribution < -0.4 is 4.90 Å². The number of rotatable bonds is 3. The van der Waals surface area contributed by atoms with Gasteiger partial charge in [-0.1, -0.05) is 13.8 Å². The molecular formula is C13H19N3O2. The van der Waals surface area contributed by atoms with Crippen molar-refractivity contribution in [1.29, 1.82) is 0 Å². The Morgan fingerprint density at radius 2 is 2.06 bits per heavy atom. The Balaban J connectivity index is 2.05. The molecule has 1 aliphatic rings. The third-order valence-corrected chi connectivity index (χ3v) is 3.65. The van der Waals surface area contributed by atoms with Crippen LogP contribution >= 0.6 is 0 Å². The minimum Gasteiger partial charge on any atom is -0.476 e. The molecule has 98 valence electrons. The average molecular weight is 249 g/mol. The van der Waals surface area contributed by atoms with Crippen LogP contribution in [0, 0.1) is 11.8 Å². The van der Waals surface area contributed by atoms with Gasteiger partial charge in [-0.3, -0.25) is 4.98 Å². The van der Waals surface area contributed by atoms with E-state index in [9.17, 15) is 4.79 Å². The summed E-state index contributed by atoms with van der Waals surface area (Å²) >= 11 is 0. The Kier molecular flexibility index (Phi) is 3.79. The highest BCUT2D eigenvalue weighted by Crippen LogP contribution is 2.26. The molecule has 0 radical (unpaired) electrons. The predicted octanol–water partition coefficient (Wildman–Crippen LogP) is 2.05. The molecule has 1 saturated heterocycles. The van der Waals surface area contributed by atoms with Crippen LogP contribution in [0.5, 0.6) is 0 Å². The summed E-state index contributed by atoms with van der Waals surface area (Å²) in [6.07, 6.45) is 5.20. The van der Waals surface area contributed by atoms with Crippen molar-refractivity contribution in [2.75, 3.05) is 18.0 Å². The van der Waals surface area contributed by atoms with E-state index in [1.165, 1.54) is 6.20 Å². The highest BCUT2D eigenvalue weighted by molar-refractivity contribution is 5.85. The maximum atomic E-state index is 10.9. The van der Waals surface area contributed by atoms with Crippen molar-refractivity contribution in [3.8, 4) is 0 Å². The molecule has 5 heteroatoms. The molecule has 1 fully saturated rings. The quantitative estimate of drug-likeness (QED) is 0.888. The highest BCUT2D eigenvalue weighted by atomic mass is 16.4. The monoisotopic (exact) mass is 249 g/mol. The Hall–Kier alpha value is -1.65. The topological polar surface area (TPSA) is 66.3 Å². The third kappa shape index (κ3) is 2.78. The van der Waals surface area contributed by atoms with E-state index in [0.717, 1.165) is 31.8 Å². The van der Waals surface area contributed by atoms with Crippen LogP contribution in [-0.4, -0.2) is 34.1 Å². The zero-order valence-corrected chi connectivity index (χ0v) is 10.8. The first kappa shape index (κ1) is 12.8. The fourth-order valence-electron chi connectivity index (χ4n) is 2.41. The second-order valence-corrected chi connectivity index (χ2v) is 5.14. The molecule has 2 heterocycles. The molecule has 1 N–H and O–H groups in total. The van der Waals surface area contributed by atoms with Gasteiger partial charge in [0.1, 0.15) is 5.82 Å². The largest absolute Gasteiger partial charge is 0.476 e. The lowest BCUT2D eigenvalue weighted by Gasteiger charge is -2.34. The molecule has 1 aromatic heterocycles. The lowest BCUT2D eigenvalue weighted by Crippen LogP contribution is -2.36. The highest BCUT2D eigenvalue weighted by Gasteiger charge is 2.22. The smallest absolute Gasteiger partial charge is 0.356 e. The summed E-state index contributed by atoms with van der Waals surface area (Å²) in [6.45, 7) is 6.37. The standard InChI is InChI=1S/C13H19N3O2/c1-9(2)10-3-5-16(6-4-10)12-8-14-7-11(15-12)13(17)18/h7-10H,3-6H2,1-2H3,(H,17,18). The Morgan fingerprint density at radius 1 is 1.39 bits per heavy atom. The van der Waals surface area contributed by atoms with Crippen LogP contribution in [0.1, 0.15) is 37.2 Å². The zero-order valence-electron chi connectivity index (χ0n) is 10.8. The van der Waals surface area contributed by atoms with E-state index in [0.29, 0.717) is 11.7 Å². The van der Waals surface area contributed by atoms with Gasteiger partial charge in [-0.2, -0.15) is 0 Å². The van der Waals surface area contributed by atoms with Gasteiger partial charge < -0.3 is 10.0 Å². The number of carboxylic acids is 1. The summed E-state index contributed by atoms with van der Waals surface area (Å²) < 4.78 is 0. The van der Waals surface area contributed by atoms with E-state index in [4.69, 9.17) is 5.11 Å². The molecule has 18 heavy (non-hydrogen) atoms. The van der Waals surface area contributed by atoms with E-state index in [2.05, 4.69) is 28.7 Å². The molecule has 0 atom stereocenters. The molecule has 0 aliphatic carbocycles. The lowest BCUT2D eigenvalue weighted by molar-refractivity contribution is 0.0690. The maximum Gasteiger partial charge on any atom is 0.356 e. The van der Waals surface area contributed by atoms with Crippen molar-refractivity contribution in [2.45, 2.75) is 26.7 Å². The van der Waals surface area contributed by atoms with Crippen molar-refractivity contribution in [2.24, 2.45) is 11.8 Å². The number of anilines is 1. The van der Waals surface area contributed by atoms with Crippen LogP contribution in [0.4, 0.5) is 5.82 Å². The van der Waals surface area contributed by atoms with Crippen LogP contribution in [0.2, 0.25) is 0 Å². The van der Waals surface area contributed by atoms with Crippen LogP contribution in [-0.2, 0) is 0 Å². The summed E-state index contributed by atoms with van der Waals surface area (Å²) in [7, 11) is 0. The van der Waals surface area contributed by atoms with Crippen molar-refractivity contribution in [3.63, 3.8) is 0 Å². The summed E-state index contributed by atoms with van der Waals surface area (Å²) in [6, 6.07) is 0. The van der Waals surface area contributed by atoms with Gasteiger partial charge in [0.25, 0.3) is 0 Å². The number of hydrogen-bond donors (Lipinski definition) is 1. The Morgan fingerprint density at radius 3 is 2.61 bits per heavy atom. The molecule has 0 spiro atoms. The van der Waals surface area contributed by atoms with Crippen molar-refractivity contribution < 1.29 is 9.90 Å². The molecule has 0 bridgehead atoms. The number of nitrogens with zero attached hydrogens (tertiary/aromatic N) is 3. The van der Waals surface area contributed by atoms with Crippen LogP contribution in [0.15, 0.2) is 12.4 Å². The second kappa shape index (κ2) is 5.33. The van der Waals surface area contributed by atoms with E-state index in [-0.39, 0.29) is 5.69 Å². The average Bonchev–Trinajstić information content (AvgIpc) is 2.39. The Bertz CT molecular complexity index is 426. The normalized spacial score (nSPS) is 17.2. The van der Waals surface area contributed by atoms with E-state index >= 15 is 0 Å². The van der Waals surface area contributed by atoms with Gasteiger partial charge in [-0.15, -0.1) is 0 Å². The summed E-state index contributed by atoms with van der Waals surface area (Å²) in [5.41, 5.74) is 0.0125. The second-order valence-electron chi connectivity index (χ2n) is 5.14. The third-order valence-electron chi connectivity index (χ3n) is 3.65. The fraction of sp³-hybridized carbons (Fsp3) is 0.615. The van der Waals surface area contributed by atoms with Crippen molar-refractivity contribution in [1.82, 2.24) is 9.97 Å². The maximum absolute atomic E-state index is 10.9. The minimum absolute atomic E-state index is 0.0125. The van der Waals surface area contributed by atoms with E-state index in [1.54, 1.807) is 6.20 Å². The minimum atomic E-state index is -1.03. The summed E-state index contributed by atoms with van der Waals surface area (Å²) in [4.78, 5) is 21.1. The molecule has 0 saturated carbocycles. The summed E-state index contributed by atoms with van der Waals surface area (Å²) in [5.74, 6) is 1.12.